The number of halogens is 2. The van der Waals surface area contributed by atoms with Gasteiger partial charge in [-0.15, -0.1) is 0 Å². The van der Waals surface area contributed by atoms with Gasteiger partial charge in [-0.1, -0.05) is 13.0 Å². The van der Waals surface area contributed by atoms with E-state index in [0.29, 0.717) is 54.9 Å². The number of alkyl halides is 1. The number of rotatable bonds is 13. The Morgan fingerprint density at radius 3 is 2.61 bits per heavy atom. The van der Waals surface area contributed by atoms with Gasteiger partial charge in [0.05, 0.1) is 33.8 Å². The minimum absolute atomic E-state index is 0.0721. The van der Waals surface area contributed by atoms with Crippen LogP contribution >= 0.6 is 0 Å². The average molecular weight is 742 g/mol. The SMILES string of the molecule is CCc1c(F)ccc2cc(OCOC)cc(-c3cc4nc(OC[C@@]56CCCN5C[C@H](F)C6)nc(N5CC6CCC(C5)N6CCCOC)c4c4ccnn34)c12. The highest BCUT2D eigenvalue weighted by molar-refractivity contribution is 6.06. The van der Waals surface area contributed by atoms with Crippen molar-refractivity contribution in [1.82, 2.24) is 29.4 Å². The number of aromatic nitrogens is 4. The molecular weight excluding hydrogens is 692 g/mol. The minimum atomic E-state index is -0.855. The molecule has 4 fully saturated rings. The number of pyridine rings is 1. The lowest BCUT2D eigenvalue weighted by molar-refractivity contribution is 0.0512. The molecule has 0 spiro atoms. The maximum Gasteiger partial charge on any atom is 0.319 e. The molecule has 5 aromatic rings. The zero-order chi connectivity index (χ0) is 37.0. The number of fused-ring (bicyclic) bond motifs is 7. The molecule has 0 radical (unpaired) electrons. The summed E-state index contributed by atoms with van der Waals surface area (Å²) in [4.78, 5) is 17.6. The zero-order valence-corrected chi connectivity index (χ0v) is 31.4. The van der Waals surface area contributed by atoms with Crippen LogP contribution in [-0.2, 0) is 15.9 Å². The molecule has 0 amide bonds. The summed E-state index contributed by atoms with van der Waals surface area (Å²) >= 11 is 0. The molecule has 2 aromatic carbocycles. The second-order valence-electron chi connectivity index (χ2n) is 15.5. The van der Waals surface area contributed by atoms with E-state index in [0.717, 1.165) is 104 Å². The van der Waals surface area contributed by atoms with E-state index in [1.54, 1.807) is 26.5 Å². The number of hydrogen-bond acceptors (Lipinski definition) is 10. The predicted molar refractivity (Wildman–Crippen MR) is 204 cm³/mol. The topological polar surface area (TPSA) is 89.7 Å². The van der Waals surface area contributed by atoms with Crippen LogP contribution in [0, 0.1) is 5.82 Å². The van der Waals surface area contributed by atoms with Gasteiger partial charge in [0.25, 0.3) is 0 Å². The summed E-state index contributed by atoms with van der Waals surface area (Å²) in [6.07, 6.45) is 7.12. The molecule has 286 valence electrons. The van der Waals surface area contributed by atoms with Crippen molar-refractivity contribution in [2.24, 2.45) is 0 Å². The fraction of sp³-hybridized carbons (Fsp3) is 0.537. The Labute approximate surface area is 314 Å². The summed E-state index contributed by atoms with van der Waals surface area (Å²) in [5.74, 6) is 1.16. The molecule has 0 saturated carbocycles. The molecule has 4 saturated heterocycles. The van der Waals surface area contributed by atoms with E-state index in [1.807, 2.05) is 35.7 Å². The van der Waals surface area contributed by atoms with Crippen LogP contribution in [0.1, 0.15) is 51.0 Å². The third-order valence-electron chi connectivity index (χ3n) is 12.3. The Hall–Kier alpha value is -4.17. The minimum Gasteiger partial charge on any atom is -0.468 e. The van der Waals surface area contributed by atoms with E-state index in [-0.39, 0.29) is 24.2 Å². The second-order valence-corrected chi connectivity index (χ2v) is 15.5. The molecule has 2 bridgehead atoms. The molecule has 0 N–H and O–H groups in total. The standard InChI is InChI=1S/C41H49F2N7O4/c1-4-31-33(43)10-7-26-17-30(54-25-52-3)18-32(37(26)31)36-19-34-38(35-11-13-44-50(35)36)39(47-22-28-8-9-29(23-47)49(28)15-6-16-51-2)46-40(45-34)53-24-41-12-5-14-48(41)21-27(42)20-41/h7,10-11,13,17-19,27-29H,4-6,8-9,12,14-16,20-25H2,1-3H3/t27-,28?,29?,41+/m1/s1. The van der Waals surface area contributed by atoms with Crippen molar-refractivity contribution < 1.29 is 27.7 Å². The molecule has 9 rings (SSSR count). The summed E-state index contributed by atoms with van der Waals surface area (Å²) in [7, 11) is 3.34. The van der Waals surface area contributed by atoms with Gasteiger partial charge in [0.15, 0.2) is 6.79 Å². The van der Waals surface area contributed by atoms with Crippen LogP contribution in [-0.4, -0.2) is 120 Å². The molecule has 0 aliphatic carbocycles. The Bertz CT molecular complexity index is 2170. The first-order valence-electron chi connectivity index (χ1n) is 19.5. The van der Waals surface area contributed by atoms with Crippen LogP contribution in [0.25, 0.3) is 38.4 Å². The van der Waals surface area contributed by atoms with Crippen molar-refractivity contribution in [2.45, 2.75) is 75.7 Å². The lowest BCUT2D eigenvalue weighted by Gasteiger charge is -2.42. The highest BCUT2D eigenvalue weighted by Gasteiger charge is 2.49. The Kier molecular flexibility index (Phi) is 9.53. The van der Waals surface area contributed by atoms with Crippen molar-refractivity contribution >= 4 is 33.0 Å². The van der Waals surface area contributed by atoms with Crippen LogP contribution in [0.4, 0.5) is 14.6 Å². The van der Waals surface area contributed by atoms with Gasteiger partial charge in [0, 0.05) is 71.1 Å². The lowest BCUT2D eigenvalue weighted by Crippen LogP contribution is -2.54. The molecule has 54 heavy (non-hydrogen) atoms. The van der Waals surface area contributed by atoms with Crippen LogP contribution in [0.15, 0.2) is 42.6 Å². The first-order chi connectivity index (χ1) is 26.4. The number of hydrogen-bond donors (Lipinski definition) is 0. The van der Waals surface area contributed by atoms with Crippen molar-refractivity contribution in [3.8, 4) is 23.0 Å². The number of methoxy groups -OCH3 is 2. The smallest absolute Gasteiger partial charge is 0.319 e. The fourth-order valence-corrected chi connectivity index (χ4v) is 9.97. The van der Waals surface area contributed by atoms with Crippen LogP contribution in [0.3, 0.4) is 0 Å². The van der Waals surface area contributed by atoms with Crippen molar-refractivity contribution in [2.75, 3.05) is 71.8 Å². The molecular formula is C41H49F2N7O4. The highest BCUT2D eigenvalue weighted by atomic mass is 19.1. The lowest BCUT2D eigenvalue weighted by atomic mass is 9.94. The summed E-state index contributed by atoms with van der Waals surface area (Å²) in [5.41, 5.74) is 3.35. The number of benzene rings is 2. The van der Waals surface area contributed by atoms with Gasteiger partial charge in [-0.2, -0.15) is 15.1 Å². The van der Waals surface area contributed by atoms with E-state index >= 15 is 4.39 Å². The Balaban J connectivity index is 1.20. The zero-order valence-electron chi connectivity index (χ0n) is 31.4. The van der Waals surface area contributed by atoms with E-state index in [9.17, 15) is 4.39 Å². The maximum absolute atomic E-state index is 15.5. The third-order valence-corrected chi connectivity index (χ3v) is 12.3. The molecule has 4 aliphatic heterocycles. The van der Waals surface area contributed by atoms with Gasteiger partial charge in [0.1, 0.15) is 30.2 Å². The fourth-order valence-electron chi connectivity index (χ4n) is 9.97. The monoisotopic (exact) mass is 741 g/mol. The molecule has 4 atom stereocenters. The maximum atomic E-state index is 15.5. The largest absolute Gasteiger partial charge is 0.468 e. The molecule has 3 aromatic heterocycles. The van der Waals surface area contributed by atoms with Crippen molar-refractivity contribution in [1.29, 1.82) is 0 Å². The Morgan fingerprint density at radius 1 is 0.963 bits per heavy atom. The molecule has 13 heteroatoms. The number of anilines is 1. The summed E-state index contributed by atoms with van der Waals surface area (Å²) in [6, 6.07) is 12.3. The summed E-state index contributed by atoms with van der Waals surface area (Å²) in [6.45, 7) is 7.15. The quantitative estimate of drug-likeness (QED) is 0.0995. The van der Waals surface area contributed by atoms with Gasteiger partial charge < -0.3 is 23.8 Å². The van der Waals surface area contributed by atoms with E-state index in [2.05, 4.69) is 14.7 Å². The van der Waals surface area contributed by atoms with Crippen LogP contribution in [0.2, 0.25) is 0 Å². The van der Waals surface area contributed by atoms with Gasteiger partial charge >= 0.3 is 6.01 Å². The molecule has 11 nitrogen and oxygen atoms in total. The normalized spacial score (nSPS) is 24.4. The second kappa shape index (κ2) is 14.5. The summed E-state index contributed by atoms with van der Waals surface area (Å²) in [5, 5.41) is 7.39. The molecule has 4 aliphatic rings. The van der Waals surface area contributed by atoms with E-state index < -0.39 is 6.17 Å². The number of aryl methyl sites for hydroxylation is 1. The van der Waals surface area contributed by atoms with Gasteiger partial charge in [-0.25, -0.2) is 13.3 Å². The van der Waals surface area contributed by atoms with Gasteiger partial charge in [-0.05, 0) is 91.7 Å². The van der Waals surface area contributed by atoms with Gasteiger partial charge in [-0.3, -0.25) is 9.80 Å². The molecule has 2 unspecified atom stereocenters. The molecule has 7 heterocycles. The Morgan fingerprint density at radius 2 is 1.81 bits per heavy atom. The average Bonchev–Trinajstić information content (AvgIpc) is 3.93. The number of nitrogens with zero attached hydrogens (tertiary/aromatic N) is 7. The van der Waals surface area contributed by atoms with Gasteiger partial charge in [0.2, 0.25) is 0 Å². The summed E-state index contributed by atoms with van der Waals surface area (Å²) < 4.78 is 55.3. The highest BCUT2D eigenvalue weighted by Crippen LogP contribution is 2.43. The number of piperazine rings is 1. The van der Waals surface area contributed by atoms with Crippen LogP contribution < -0.4 is 14.4 Å². The van der Waals surface area contributed by atoms with Crippen molar-refractivity contribution in [3.63, 3.8) is 0 Å². The number of ether oxygens (including phenoxy) is 4. The van der Waals surface area contributed by atoms with E-state index in [1.165, 1.54) is 6.07 Å². The first kappa shape index (κ1) is 35.5. The third kappa shape index (κ3) is 6.13. The predicted octanol–water partition coefficient (Wildman–Crippen LogP) is 6.43. The van der Waals surface area contributed by atoms with Crippen LogP contribution in [0.5, 0.6) is 11.8 Å². The van der Waals surface area contributed by atoms with Crippen molar-refractivity contribution in [3.05, 3.63) is 54.0 Å². The first-order valence-corrected chi connectivity index (χ1v) is 19.5. The van der Waals surface area contributed by atoms with E-state index in [4.69, 9.17) is 34.0 Å².